The summed E-state index contributed by atoms with van der Waals surface area (Å²) in [6, 6.07) is 3.16. The Morgan fingerprint density at radius 2 is 2.26 bits per heavy atom. The number of nitrogens with zero attached hydrogens (tertiary/aromatic N) is 3. The van der Waals surface area contributed by atoms with Crippen LogP contribution in [0.2, 0.25) is 5.02 Å². The van der Waals surface area contributed by atoms with Gasteiger partial charge in [-0.15, -0.1) is 11.3 Å². The Morgan fingerprint density at radius 3 is 2.96 bits per heavy atom. The van der Waals surface area contributed by atoms with E-state index in [0.717, 1.165) is 4.70 Å². The second kappa shape index (κ2) is 7.01. The lowest BCUT2D eigenvalue weighted by Gasteiger charge is -2.16. The standard InChI is InChI=1S/C18H14ClF2N3O2S/c19-13-5-10(6-22-17(13)21)12-9-27-14-2-4-24(18(26)16(12)14)8-15(25)23-3-1-11(20)7-23/h2,4-6,9,11H,1,3,7-8H2. The van der Waals surface area contributed by atoms with E-state index in [2.05, 4.69) is 4.98 Å². The zero-order chi connectivity index (χ0) is 19.1. The summed E-state index contributed by atoms with van der Waals surface area (Å²) in [5, 5.41) is 2.06. The number of pyridine rings is 2. The van der Waals surface area contributed by atoms with Gasteiger partial charge in [0.2, 0.25) is 11.9 Å². The van der Waals surface area contributed by atoms with Gasteiger partial charge in [-0.2, -0.15) is 4.39 Å². The predicted octanol–water partition coefficient (Wildman–Crippen LogP) is 3.49. The van der Waals surface area contributed by atoms with Crippen molar-refractivity contribution in [3.8, 4) is 11.1 Å². The minimum atomic E-state index is -1.01. The molecule has 140 valence electrons. The summed E-state index contributed by atoms with van der Waals surface area (Å²) in [6.45, 7) is 0.277. The van der Waals surface area contributed by atoms with Crippen molar-refractivity contribution in [3.05, 3.63) is 51.2 Å². The molecule has 1 unspecified atom stereocenters. The molecule has 1 saturated heterocycles. The van der Waals surface area contributed by atoms with E-state index in [4.69, 9.17) is 11.6 Å². The zero-order valence-electron chi connectivity index (χ0n) is 14.0. The molecule has 0 aliphatic carbocycles. The maximum Gasteiger partial charge on any atom is 0.260 e. The highest BCUT2D eigenvalue weighted by Gasteiger charge is 2.26. The Morgan fingerprint density at radius 1 is 1.44 bits per heavy atom. The third-order valence-electron chi connectivity index (χ3n) is 4.60. The molecular formula is C18H14ClF2N3O2S. The van der Waals surface area contributed by atoms with Gasteiger partial charge in [-0.05, 0) is 18.6 Å². The molecule has 1 amide bonds. The third-order valence-corrected chi connectivity index (χ3v) is 5.81. The summed E-state index contributed by atoms with van der Waals surface area (Å²) in [5.74, 6) is -1.07. The van der Waals surface area contributed by atoms with E-state index in [1.807, 2.05) is 0 Å². The van der Waals surface area contributed by atoms with Crippen LogP contribution in [-0.4, -0.2) is 39.6 Å². The summed E-state index contributed by atoms with van der Waals surface area (Å²) in [4.78, 5) is 30.3. The van der Waals surface area contributed by atoms with E-state index < -0.39 is 12.1 Å². The van der Waals surface area contributed by atoms with Crippen LogP contribution in [0.25, 0.3) is 21.2 Å². The molecule has 0 aromatic carbocycles. The van der Waals surface area contributed by atoms with Gasteiger partial charge in [0.25, 0.3) is 5.56 Å². The number of rotatable bonds is 3. The highest BCUT2D eigenvalue weighted by molar-refractivity contribution is 7.17. The van der Waals surface area contributed by atoms with E-state index in [-0.39, 0.29) is 29.6 Å². The van der Waals surface area contributed by atoms with Crippen LogP contribution in [0.5, 0.6) is 0 Å². The van der Waals surface area contributed by atoms with Gasteiger partial charge in [0.1, 0.15) is 12.7 Å². The molecule has 0 N–H and O–H groups in total. The van der Waals surface area contributed by atoms with Crippen LogP contribution in [0.3, 0.4) is 0 Å². The minimum Gasteiger partial charge on any atom is -0.338 e. The van der Waals surface area contributed by atoms with Gasteiger partial charge in [-0.25, -0.2) is 9.37 Å². The van der Waals surface area contributed by atoms with Crippen molar-refractivity contribution in [1.82, 2.24) is 14.5 Å². The Hall–Kier alpha value is -2.32. The van der Waals surface area contributed by atoms with Crippen molar-refractivity contribution >= 4 is 38.9 Å². The first kappa shape index (κ1) is 18.1. The SMILES string of the molecule is O=C(Cn1ccc2scc(-c3cnc(F)c(Cl)c3)c2c1=O)N1CCC(F)C1. The number of amides is 1. The van der Waals surface area contributed by atoms with Gasteiger partial charge in [0.05, 0.1) is 17.0 Å². The number of fused-ring (bicyclic) bond motifs is 1. The van der Waals surface area contributed by atoms with E-state index in [9.17, 15) is 18.4 Å². The molecule has 5 nitrogen and oxygen atoms in total. The number of aromatic nitrogens is 2. The second-order valence-corrected chi connectivity index (χ2v) is 7.68. The first-order chi connectivity index (χ1) is 12.9. The molecule has 1 aliphatic heterocycles. The first-order valence-electron chi connectivity index (χ1n) is 8.28. The molecule has 27 heavy (non-hydrogen) atoms. The van der Waals surface area contributed by atoms with Crippen molar-refractivity contribution in [1.29, 1.82) is 0 Å². The lowest BCUT2D eigenvalue weighted by molar-refractivity contribution is -0.131. The number of alkyl halides is 1. The largest absolute Gasteiger partial charge is 0.338 e. The maximum absolute atomic E-state index is 13.3. The average Bonchev–Trinajstić information content (AvgIpc) is 3.26. The summed E-state index contributed by atoms with van der Waals surface area (Å²) in [7, 11) is 0. The number of hydrogen-bond acceptors (Lipinski definition) is 4. The quantitative estimate of drug-likeness (QED) is 0.622. The molecule has 1 aliphatic rings. The topological polar surface area (TPSA) is 55.2 Å². The maximum atomic E-state index is 13.3. The molecule has 9 heteroatoms. The number of thiophene rings is 1. The predicted molar refractivity (Wildman–Crippen MR) is 100 cm³/mol. The molecule has 0 bridgehead atoms. The fourth-order valence-corrected chi connectivity index (χ4v) is 4.30. The molecule has 3 aromatic rings. The van der Waals surface area contributed by atoms with E-state index in [1.54, 1.807) is 17.6 Å². The van der Waals surface area contributed by atoms with Gasteiger partial charge in [0, 0.05) is 40.1 Å². The van der Waals surface area contributed by atoms with Crippen LogP contribution in [0.1, 0.15) is 6.42 Å². The van der Waals surface area contributed by atoms with Crippen LogP contribution in [0.4, 0.5) is 8.78 Å². The number of carbonyl (C=O) groups is 1. The zero-order valence-corrected chi connectivity index (χ0v) is 15.6. The van der Waals surface area contributed by atoms with E-state index in [1.165, 1.54) is 33.1 Å². The van der Waals surface area contributed by atoms with Crippen LogP contribution in [0, 0.1) is 5.95 Å². The monoisotopic (exact) mass is 409 g/mol. The van der Waals surface area contributed by atoms with Crippen molar-refractivity contribution in [3.63, 3.8) is 0 Å². The van der Waals surface area contributed by atoms with Gasteiger partial charge >= 0.3 is 0 Å². The fraction of sp³-hybridized carbons (Fsp3) is 0.278. The molecule has 3 aromatic heterocycles. The lowest BCUT2D eigenvalue weighted by Crippen LogP contribution is -2.35. The van der Waals surface area contributed by atoms with Gasteiger partial charge in [-0.1, -0.05) is 11.6 Å². The normalized spacial score (nSPS) is 17.0. The number of hydrogen-bond donors (Lipinski definition) is 0. The Kier molecular flexibility index (Phi) is 4.69. The molecule has 4 rings (SSSR count). The average molecular weight is 410 g/mol. The molecule has 1 fully saturated rings. The van der Waals surface area contributed by atoms with Gasteiger partial charge < -0.3 is 9.47 Å². The number of likely N-dealkylation sites (tertiary alicyclic amines) is 1. The number of halogens is 3. The summed E-state index contributed by atoms with van der Waals surface area (Å²) in [5.41, 5.74) is 0.767. The lowest BCUT2D eigenvalue weighted by atomic mass is 10.1. The first-order valence-corrected chi connectivity index (χ1v) is 9.53. The number of carbonyl (C=O) groups excluding carboxylic acids is 1. The van der Waals surface area contributed by atoms with Crippen LogP contribution in [0.15, 0.2) is 34.7 Å². The molecule has 0 spiro atoms. The minimum absolute atomic E-state index is 0.0687. The Bertz CT molecular complexity index is 1100. The van der Waals surface area contributed by atoms with Gasteiger partial charge in [0.15, 0.2) is 0 Å². The highest BCUT2D eigenvalue weighted by Crippen LogP contribution is 2.32. The van der Waals surface area contributed by atoms with Crippen molar-refractivity contribution < 1.29 is 13.6 Å². The molecule has 4 heterocycles. The van der Waals surface area contributed by atoms with Crippen molar-refractivity contribution in [2.24, 2.45) is 0 Å². The van der Waals surface area contributed by atoms with Crippen molar-refractivity contribution in [2.75, 3.05) is 13.1 Å². The van der Waals surface area contributed by atoms with Crippen LogP contribution in [-0.2, 0) is 11.3 Å². The second-order valence-electron chi connectivity index (χ2n) is 6.36. The fourth-order valence-electron chi connectivity index (χ4n) is 3.18. The smallest absolute Gasteiger partial charge is 0.260 e. The summed E-state index contributed by atoms with van der Waals surface area (Å²) < 4.78 is 28.7. The van der Waals surface area contributed by atoms with E-state index >= 15 is 0 Å². The van der Waals surface area contributed by atoms with Gasteiger partial charge in [-0.3, -0.25) is 9.59 Å². The Balaban J connectivity index is 1.72. The van der Waals surface area contributed by atoms with E-state index in [0.29, 0.717) is 29.5 Å². The molecule has 1 atom stereocenters. The summed E-state index contributed by atoms with van der Waals surface area (Å²) in [6.07, 6.45) is 2.19. The van der Waals surface area contributed by atoms with Crippen LogP contribution >= 0.6 is 22.9 Å². The molecule has 0 saturated carbocycles. The summed E-state index contributed by atoms with van der Waals surface area (Å²) >= 11 is 7.17. The van der Waals surface area contributed by atoms with Crippen LogP contribution < -0.4 is 5.56 Å². The molecule has 0 radical (unpaired) electrons. The van der Waals surface area contributed by atoms with Crippen molar-refractivity contribution in [2.45, 2.75) is 19.1 Å². The Labute approximate surface area is 161 Å². The highest BCUT2D eigenvalue weighted by atomic mass is 35.5. The molecular weight excluding hydrogens is 396 g/mol. The third kappa shape index (κ3) is 3.35.